The summed E-state index contributed by atoms with van der Waals surface area (Å²) in [6.45, 7) is -0.431. The largest absolute Gasteiger partial charge is 0.480 e. The Morgan fingerprint density at radius 2 is 2.14 bits per heavy atom. The first-order chi connectivity index (χ1) is 9.79. The molecule has 0 aliphatic rings. The average molecular weight is 323 g/mol. The van der Waals surface area contributed by atoms with Gasteiger partial charge in [-0.3, -0.25) is 14.2 Å². The smallest absolute Gasteiger partial charge is 0.436 e. The fourth-order valence-electron chi connectivity index (χ4n) is 1.81. The van der Waals surface area contributed by atoms with Crippen LogP contribution in [0.3, 0.4) is 0 Å². The molecule has 0 fully saturated rings. The normalized spacial score (nSPS) is 11.8. The Kier molecular flexibility index (Phi) is 4.21. The van der Waals surface area contributed by atoms with Crippen LogP contribution < -0.4 is 0 Å². The molecule has 0 aliphatic carbocycles. The summed E-state index contributed by atoms with van der Waals surface area (Å²) < 4.78 is 40.6. The zero-order chi connectivity index (χ0) is 15.6. The molecule has 6 nitrogen and oxygen atoms in total. The van der Waals surface area contributed by atoms with E-state index >= 15 is 0 Å². The molecule has 0 radical (unpaired) electrons. The Hall–Kier alpha value is -2.03. The molecule has 2 heterocycles. The number of rotatable bonds is 5. The van der Waals surface area contributed by atoms with Crippen LogP contribution in [0.2, 0.25) is 5.02 Å². The van der Waals surface area contributed by atoms with Gasteiger partial charge >= 0.3 is 12.1 Å². The Bertz CT molecular complexity index is 637. The number of aromatic nitrogens is 4. The van der Waals surface area contributed by atoms with Gasteiger partial charge in [-0.1, -0.05) is 11.6 Å². The number of aliphatic carboxylic acids is 1. The molecule has 21 heavy (non-hydrogen) atoms. The first-order valence-corrected chi connectivity index (χ1v) is 6.18. The van der Waals surface area contributed by atoms with Crippen molar-refractivity contribution in [2.24, 2.45) is 0 Å². The molecule has 2 aromatic heterocycles. The van der Waals surface area contributed by atoms with Crippen molar-refractivity contribution < 1.29 is 23.1 Å². The fraction of sp³-hybridized carbons (Fsp3) is 0.364. The Morgan fingerprint density at radius 3 is 2.67 bits per heavy atom. The minimum atomic E-state index is -4.73. The summed E-state index contributed by atoms with van der Waals surface area (Å²) in [6.07, 6.45) is -1.49. The number of carboxylic acid groups (broad SMARTS) is 1. The molecular formula is C11H10ClF3N4O2. The van der Waals surface area contributed by atoms with Gasteiger partial charge in [0.1, 0.15) is 6.54 Å². The topological polar surface area (TPSA) is 72.9 Å². The average Bonchev–Trinajstić information content (AvgIpc) is 2.94. The minimum Gasteiger partial charge on any atom is -0.480 e. The second-order valence-corrected chi connectivity index (χ2v) is 4.56. The summed E-state index contributed by atoms with van der Waals surface area (Å²) in [5, 5.41) is 15.4. The SMILES string of the molecule is O=C(O)Cn1nc(C(F)(F)F)c(Cl)c1CCn1cccn1. The van der Waals surface area contributed by atoms with Crippen LogP contribution in [-0.4, -0.2) is 30.6 Å². The van der Waals surface area contributed by atoms with Crippen molar-refractivity contribution in [1.29, 1.82) is 0 Å². The number of halogens is 4. The van der Waals surface area contributed by atoms with E-state index in [2.05, 4.69) is 10.2 Å². The molecule has 0 aromatic carbocycles. The van der Waals surface area contributed by atoms with Gasteiger partial charge in [-0.15, -0.1) is 0 Å². The summed E-state index contributed by atoms with van der Waals surface area (Å²) in [6, 6.07) is 1.66. The van der Waals surface area contributed by atoms with E-state index < -0.39 is 29.4 Å². The van der Waals surface area contributed by atoms with E-state index in [1.165, 1.54) is 10.9 Å². The summed E-state index contributed by atoms with van der Waals surface area (Å²) in [4.78, 5) is 10.7. The van der Waals surface area contributed by atoms with E-state index in [-0.39, 0.29) is 18.7 Å². The van der Waals surface area contributed by atoms with Gasteiger partial charge in [0.25, 0.3) is 0 Å². The number of alkyl halides is 3. The number of nitrogens with zero attached hydrogens (tertiary/aromatic N) is 4. The quantitative estimate of drug-likeness (QED) is 0.914. The highest BCUT2D eigenvalue weighted by Gasteiger charge is 2.39. The van der Waals surface area contributed by atoms with Crippen molar-refractivity contribution >= 4 is 17.6 Å². The van der Waals surface area contributed by atoms with E-state index in [4.69, 9.17) is 16.7 Å². The lowest BCUT2D eigenvalue weighted by atomic mass is 10.2. The van der Waals surface area contributed by atoms with Crippen LogP contribution in [0.4, 0.5) is 13.2 Å². The van der Waals surface area contributed by atoms with Gasteiger partial charge < -0.3 is 5.11 Å². The lowest BCUT2D eigenvalue weighted by molar-refractivity contribution is -0.143. The fourth-order valence-corrected chi connectivity index (χ4v) is 2.14. The molecule has 10 heteroatoms. The molecule has 0 saturated heterocycles. The third kappa shape index (κ3) is 3.54. The molecule has 0 saturated carbocycles. The number of hydrogen-bond acceptors (Lipinski definition) is 3. The number of carbonyl (C=O) groups is 1. The van der Waals surface area contributed by atoms with Gasteiger partial charge in [0.05, 0.1) is 10.7 Å². The molecule has 0 spiro atoms. The van der Waals surface area contributed by atoms with Crippen LogP contribution >= 0.6 is 11.6 Å². The van der Waals surface area contributed by atoms with Gasteiger partial charge in [0, 0.05) is 25.4 Å². The van der Waals surface area contributed by atoms with Gasteiger partial charge in [0.15, 0.2) is 5.69 Å². The monoisotopic (exact) mass is 322 g/mol. The molecule has 0 unspecified atom stereocenters. The van der Waals surface area contributed by atoms with Crippen molar-refractivity contribution in [3.05, 3.63) is 34.9 Å². The molecule has 0 atom stereocenters. The van der Waals surface area contributed by atoms with Crippen molar-refractivity contribution in [3.63, 3.8) is 0 Å². The predicted molar refractivity (Wildman–Crippen MR) is 65.8 cm³/mol. The van der Waals surface area contributed by atoms with Crippen LogP contribution in [-0.2, 0) is 30.5 Å². The number of carboxylic acids is 1. The van der Waals surface area contributed by atoms with E-state index in [0.717, 1.165) is 4.68 Å². The third-order valence-electron chi connectivity index (χ3n) is 2.68. The van der Waals surface area contributed by atoms with Crippen LogP contribution in [0.5, 0.6) is 0 Å². The zero-order valence-electron chi connectivity index (χ0n) is 10.5. The molecule has 0 bridgehead atoms. The summed E-state index contributed by atoms with van der Waals surface area (Å²) >= 11 is 5.71. The van der Waals surface area contributed by atoms with Gasteiger partial charge in [-0.25, -0.2) is 0 Å². The maximum atomic E-state index is 12.8. The minimum absolute atomic E-state index is 0.0156. The number of hydrogen-bond donors (Lipinski definition) is 1. The predicted octanol–water partition coefficient (Wildman–Crippen LogP) is 2.08. The van der Waals surface area contributed by atoms with E-state index in [9.17, 15) is 18.0 Å². The highest BCUT2D eigenvalue weighted by molar-refractivity contribution is 6.32. The Labute approximate surface area is 121 Å². The molecule has 2 rings (SSSR count). The second-order valence-electron chi connectivity index (χ2n) is 4.18. The van der Waals surface area contributed by atoms with Gasteiger partial charge in [0.2, 0.25) is 0 Å². The summed E-state index contributed by atoms with van der Waals surface area (Å²) in [7, 11) is 0. The first-order valence-electron chi connectivity index (χ1n) is 5.80. The molecular weight excluding hydrogens is 313 g/mol. The maximum Gasteiger partial charge on any atom is 0.436 e. The first kappa shape index (κ1) is 15.4. The molecule has 1 N–H and O–H groups in total. The highest BCUT2D eigenvalue weighted by atomic mass is 35.5. The standard InChI is InChI=1S/C11H10ClF3N4O2/c12-9-7(2-5-18-4-1-3-16-18)19(6-8(20)21)17-10(9)11(13,14)15/h1,3-4H,2,5-6H2,(H,20,21). The van der Waals surface area contributed by atoms with Crippen LogP contribution in [0.15, 0.2) is 18.5 Å². The van der Waals surface area contributed by atoms with E-state index in [0.29, 0.717) is 0 Å². The molecule has 0 aliphatic heterocycles. The highest BCUT2D eigenvalue weighted by Crippen LogP contribution is 2.35. The van der Waals surface area contributed by atoms with Crippen molar-refractivity contribution in [3.8, 4) is 0 Å². The summed E-state index contributed by atoms with van der Waals surface area (Å²) in [5.41, 5.74) is -1.26. The second kappa shape index (κ2) is 5.76. The molecule has 0 amide bonds. The lowest BCUT2D eigenvalue weighted by Gasteiger charge is -2.05. The number of aryl methyl sites for hydroxylation is 1. The van der Waals surface area contributed by atoms with Gasteiger partial charge in [-0.2, -0.15) is 23.4 Å². The van der Waals surface area contributed by atoms with Crippen molar-refractivity contribution in [2.45, 2.75) is 25.7 Å². The lowest BCUT2D eigenvalue weighted by Crippen LogP contribution is -2.15. The summed E-state index contributed by atoms with van der Waals surface area (Å²) in [5.74, 6) is -1.30. The molecule has 2 aromatic rings. The zero-order valence-corrected chi connectivity index (χ0v) is 11.3. The van der Waals surface area contributed by atoms with Crippen LogP contribution in [0.25, 0.3) is 0 Å². The van der Waals surface area contributed by atoms with Crippen molar-refractivity contribution in [2.75, 3.05) is 0 Å². The van der Waals surface area contributed by atoms with Crippen molar-refractivity contribution in [1.82, 2.24) is 19.6 Å². The van der Waals surface area contributed by atoms with E-state index in [1.807, 2.05) is 0 Å². The van der Waals surface area contributed by atoms with Gasteiger partial charge in [-0.05, 0) is 6.07 Å². The molecule has 114 valence electrons. The van der Waals surface area contributed by atoms with Crippen LogP contribution in [0.1, 0.15) is 11.4 Å². The third-order valence-corrected chi connectivity index (χ3v) is 3.08. The Morgan fingerprint density at radius 1 is 1.43 bits per heavy atom. The van der Waals surface area contributed by atoms with E-state index in [1.54, 1.807) is 12.3 Å². The Balaban J connectivity index is 2.31. The maximum absolute atomic E-state index is 12.8. The van der Waals surface area contributed by atoms with Crippen LogP contribution in [0, 0.1) is 0 Å².